The minimum atomic E-state index is -0.554. The number of nitro benzene ring substituents is 1. The molecule has 17 heavy (non-hydrogen) atoms. The van der Waals surface area contributed by atoms with Gasteiger partial charge in [-0.3, -0.25) is 10.1 Å². The zero-order chi connectivity index (χ0) is 12.4. The first kappa shape index (κ1) is 11.1. The van der Waals surface area contributed by atoms with Gasteiger partial charge in [0.25, 0.3) is 5.69 Å². The molecule has 0 atom stereocenters. The summed E-state index contributed by atoms with van der Waals surface area (Å²) in [7, 11) is 1.43. The fraction of sp³-hybridized carbons (Fsp3) is 0.125. The molecule has 0 unspecified atom stereocenters. The fourth-order valence-electron chi connectivity index (χ4n) is 1.38. The Morgan fingerprint density at radius 1 is 1.65 bits per heavy atom. The van der Waals surface area contributed by atoms with Crippen molar-refractivity contribution in [1.82, 2.24) is 4.37 Å². The fourth-order valence-corrected chi connectivity index (χ4v) is 2.19. The van der Waals surface area contributed by atoms with Crippen molar-refractivity contribution in [3.63, 3.8) is 0 Å². The lowest BCUT2D eigenvalue weighted by atomic mass is 10.2. The summed E-state index contributed by atoms with van der Waals surface area (Å²) in [6, 6.07) is 2.56. The predicted octanol–water partition coefficient (Wildman–Crippen LogP) is 3.15. The zero-order valence-electron chi connectivity index (χ0n) is 8.52. The van der Waals surface area contributed by atoms with Crippen LogP contribution in [-0.2, 0) is 0 Å². The number of nitrogens with zero attached hydrogens (tertiary/aromatic N) is 5. The van der Waals surface area contributed by atoms with Crippen molar-refractivity contribution in [3.8, 4) is 5.88 Å². The van der Waals surface area contributed by atoms with Crippen molar-refractivity contribution >= 4 is 33.0 Å². The van der Waals surface area contributed by atoms with Gasteiger partial charge in [-0.2, -0.15) is 4.37 Å². The molecule has 8 nitrogen and oxygen atoms in total. The molecule has 1 aromatic carbocycles. The van der Waals surface area contributed by atoms with Crippen LogP contribution in [0.1, 0.15) is 0 Å². The van der Waals surface area contributed by atoms with Gasteiger partial charge in [-0.1, -0.05) is 5.11 Å². The van der Waals surface area contributed by atoms with Crippen molar-refractivity contribution < 1.29 is 9.66 Å². The molecular formula is C8H5N5O3S. The van der Waals surface area contributed by atoms with Crippen molar-refractivity contribution in [2.45, 2.75) is 0 Å². The van der Waals surface area contributed by atoms with E-state index in [-0.39, 0.29) is 11.4 Å². The van der Waals surface area contributed by atoms with Gasteiger partial charge in [0.15, 0.2) is 0 Å². The molecular weight excluding hydrogens is 246 g/mol. The second-order valence-electron chi connectivity index (χ2n) is 2.98. The topological polar surface area (TPSA) is 114 Å². The molecule has 0 saturated carbocycles. The number of non-ortho nitro benzene ring substituents is 1. The lowest BCUT2D eigenvalue weighted by Gasteiger charge is -1.98. The predicted molar refractivity (Wildman–Crippen MR) is 61.6 cm³/mol. The minimum Gasteiger partial charge on any atom is -0.480 e. The summed E-state index contributed by atoms with van der Waals surface area (Å²) in [4.78, 5) is 12.8. The monoisotopic (exact) mass is 251 g/mol. The van der Waals surface area contributed by atoms with Crippen LogP contribution in [0.2, 0.25) is 0 Å². The van der Waals surface area contributed by atoms with Crippen LogP contribution < -0.4 is 4.74 Å². The van der Waals surface area contributed by atoms with Gasteiger partial charge < -0.3 is 4.74 Å². The lowest BCUT2D eigenvalue weighted by molar-refractivity contribution is -0.384. The van der Waals surface area contributed by atoms with E-state index in [0.29, 0.717) is 16.0 Å². The van der Waals surface area contributed by atoms with Gasteiger partial charge in [-0.25, -0.2) is 0 Å². The molecule has 0 aliphatic carbocycles. The van der Waals surface area contributed by atoms with Crippen LogP contribution >= 0.6 is 11.5 Å². The summed E-state index contributed by atoms with van der Waals surface area (Å²) in [5, 5.41) is 14.6. The molecule has 1 aromatic heterocycles. The first-order valence-electron chi connectivity index (χ1n) is 4.34. The van der Waals surface area contributed by atoms with E-state index in [1.54, 1.807) is 0 Å². The van der Waals surface area contributed by atoms with E-state index in [9.17, 15) is 10.1 Å². The quantitative estimate of drug-likeness (QED) is 0.274. The molecule has 0 N–H and O–H groups in total. The first-order chi connectivity index (χ1) is 8.17. The Hall–Kier alpha value is -2.38. The smallest absolute Gasteiger partial charge is 0.271 e. The average Bonchev–Trinajstić information content (AvgIpc) is 2.72. The number of nitro groups is 1. The van der Waals surface area contributed by atoms with Gasteiger partial charge in [0.05, 0.1) is 27.8 Å². The number of ether oxygens (including phenoxy) is 1. The summed E-state index contributed by atoms with van der Waals surface area (Å²) < 4.78 is 9.51. The SMILES string of the molecule is COc1nsc2cc([N+](=O)[O-])cc(N=[N+]=[N-])c12. The highest BCUT2D eigenvalue weighted by molar-refractivity contribution is 7.13. The summed E-state index contributed by atoms with van der Waals surface area (Å²) in [6.07, 6.45) is 0. The van der Waals surface area contributed by atoms with Crippen LogP contribution in [0.3, 0.4) is 0 Å². The molecule has 0 fully saturated rings. The van der Waals surface area contributed by atoms with E-state index < -0.39 is 4.92 Å². The van der Waals surface area contributed by atoms with Crippen molar-refractivity contribution in [2.75, 3.05) is 7.11 Å². The highest BCUT2D eigenvalue weighted by Gasteiger charge is 2.16. The highest BCUT2D eigenvalue weighted by atomic mass is 32.1. The molecule has 0 aliphatic rings. The third kappa shape index (κ3) is 1.84. The zero-order valence-corrected chi connectivity index (χ0v) is 9.34. The Balaban J connectivity index is 2.83. The second kappa shape index (κ2) is 4.24. The van der Waals surface area contributed by atoms with Crippen LogP contribution in [0.15, 0.2) is 17.2 Å². The molecule has 0 radical (unpaired) electrons. The standard InChI is InChI=1S/C8H5N5O3S/c1-16-8-7-5(10-12-9)2-4(13(14)15)3-6(7)17-11-8/h2-3H,1H3. The Bertz CT molecular complexity index is 646. The molecule has 1 heterocycles. The summed E-state index contributed by atoms with van der Waals surface area (Å²) in [6.45, 7) is 0. The summed E-state index contributed by atoms with van der Waals surface area (Å²) >= 11 is 1.05. The Kier molecular flexibility index (Phi) is 2.77. The Morgan fingerprint density at radius 3 is 3.00 bits per heavy atom. The van der Waals surface area contributed by atoms with Gasteiger partial charge >= 0.3 is 0 Å². The maximum atomic E-state index is 10.7. The number of hydrogen-bond acceptors (Lipinski definition) is 6. The van der Waals surface area contributed by atoms with Crippen molar-refractivity contribution in [3.05, 3.63) is 32.7 Å². The van der Waals surface area contributed by atoms with Crippen molar-refractivity contribution in [1.29, 1.82) is 0 Å². The maximum absolute atomic E-state index is 10.7. The molecule has 86 valence electrons. The number of aromatic nitrogens is 1. The minimum absolute atomic E-state index is 0.141. The van der Waals surface area contributed by atoms with Gasteiger partial charge in [0.2, 0.25) is 5.88 Å². The molecule has 0 spiro atoms. The number of fused-ring (bicyclic) bond motifs is 1. The molecule has 9 heteroatoms. The molecule has 2 aromatic rings. The van der Waals surface area contributed by atoms with Crippen LogP contribution in [0.25, 0.3) is 20.5 Å². The normalized spacial score (nSPS) is 9.94. The third-order valence-corrected chi connectivity index (χ3v) is 2.84. The molecule has 0 bridgehead atoms. The Morgan fingerprint density at radius 2 is 2.41 bits per heavy atom. The first-order valence-corrected chi connectivity index (χ1v) is 5.11. The number of azide groups is 1. The van der Waals surface area contributed by atoms with Gasteiger partial charge in [-0.15, -0.1) is 0 Å². The van der Waals surface area contributed by atoms with Gasteiger partial charge in [0, 0.05) is 17.0 Å². The Labute approximate surface area is 98.4 Å². The molecule has 0 amide bonds. The number of methoxy groups -OCH3 is 1. The van der Waals surface area contributed by atoms with Crippen molar-refractivity contribution in [2.24, 2.45) is 5.11 Å². The molecule has 0 aliphatic heterocycles. The second-order valence-corrected chi connectivity index (χ2v) is 3.78. The summed E-state index contributed by atoms with van der Waals surface area (Å²) in [5.74, 6) is 0.294. The van der Waals surface area contributed by atoms with E-state index in [4.69, 9.17) is 10.3 Å². The van der Waals surface area contributed by atoms with E-state index in [1.165, 1.54) is 19.2 Å². The van der Waals surface area contributed by atoms with E-state index in [1.807, 2.05) is 0 Å². The summed E-state index contributed by atoms with van der Waals surface area (Å²) in [5.41, 5.74) is 8.43. The van der Waals surface area contributed by atoms with E-state index in [0.717, 1.165) is 11.5 Å². The van der Waals surface area contributed by atoms with Crippen LogP contribution in [0, 0.1) is 10.1 Å². The highest BCUT2D eigenvalue weighted by Crippen LogP contribution is 2.39. The van der Waals surface area contributed by atoms with Gasteiger partial charge in [0.1, 0.15) is 0 Å². The van der Waals surface area contributed by atoms with Crippen LogP contribution in [0.5, 0.6) is 5.88 Å². The number of rotatable bonds is 3. The van der Waals surface area contributed by atoms with E-state index >= 15 is 0 Å². The number of hydrogen-bond donors (Lipinski definition) is 0. The lowest BCUT2D eigenvalue weighted by Crippen LogP contribution is -1.87. The molecule has 0 saturated heterocycles. The van der Waals surface area contributed by atoms with Crippen LogP contribution in [-0.4, -0.2) is 16.4 Å². The van der Waals surface area contributed by atoms with Crippen LogP contribution in [0.4, 0.5) is 11.4 Å². The van der Waals surface area contributed by atoms with E-state index in [2.05, 4.69) is 14.4 Å². The average molecular weight is 251 g/mol. The largest absolute Gasteiger partial charge is 0.480 e. The van der Waals surface area contributed by atoms with Gasteiger partial charge in [-0.05, 0) is 17.1 Å². The molecule has 2 rings (SSSR count). The number of benzene rings is 1. The third-order valence-electron chi connectivity index (χ3n) is 2.06. The maximum Gasteiger partial charge on any atom is 0.271 e.